The number of carbonyl (C=O) groups excluding carboxylic acids is 1. The largest absolute Gasteiger partial charge is 0.325 e. The van der Waals surface area contributed by atoms with Gasteiger partial charge in [-0.2, -0.15) is 5.26 Å². The van der Waals surface area contributed by atoms with Crippen molar-refractivity contribution >= 4 is 23.4 Å². The number of aromatic nitrogens is 2. The summed E-state index contributed by atoms with van der Waals surface area (Å²) in [5.41, 5.74) is 3.29. The second-order valence-electron chi connectivity index (χ2n) is 6.69. The molecule has 3 aromatic rings. The van der Waals surface area contributed by atoms with Crippen LogP contribution < -0.4 is 10.9 Å². The molecule has 0 saturated carbocycles. The van der Waals surface area contributed by atoms with Crippen molar-refractivity contribution < 1.29 is 4.79 Å². The van der Waals surface area contributed by atoms with Crippen LogP contribution in [0.15, 0.2) is 58.5 Å². The van der Waals surface area contributed by atoms with Gasteiger partial charge in [-0.25, -0.2) is 4.98 Å². The minimum Gasteiger partial charge on any atom is -0.325 e. The Hall–Kier alpha value is -3.37. The van der Waals surface area contributed by atoms with Gasteiger partial charge in [-0.05, 0) is 32.9 Å². The smallest absolute Gasteiger partial charge is 0.270 e. The van der Waals surface area contributed by atoms with Crippen molar-refractivity contribution in [2.24, 2.45) is 0 Å². The molecule has 0 unspecified atom stereocenters. The maximum absolute atomic E-state index is 12.5. The van der Waals surface area contributed by atoms with Crippen LogP contribution in [-0.4, -0.2) is 21.1 Å². The van der Waals surface area contributed by atoms with Crippen molar-refractivity contribution in [2.45, 2.75) is 31.2 Å². The number of aryl methyl sites for hydroxylation is 2. The summed E-state index contributed by atoms with van der Waals surface area (Å²) < 4.78 is 0. The number of hydrogen-bond donors (Lipinski definition) is 2. The minimum absolute atomic E-state index is 0.0463. The molecule has 0 bridgehead atoms. The molecule has 146 valence electrons. The Kier molecular flexibility index (Phi) is 6.15. The number of nitrogens with zero attached hydrogens (tertiary/aromatic N) is 2. The molecule has 2 N–H and O–H groups in total. The summed E-state index contributed by atoms with van der Waals surface area (Å²) in [5.74, 6) is -0.206. The summed E-state index contributed by atoms with van der Waals surface area (Å²) in [7, 11) is 0. The number of H-pyrrole nitrogens is 1. The van der Waals surface area contributed by atoms with Gasteiger partial charge in [-0.15, -0.1) is 0 Å². The van der Waals surface area contributed by atoms with E-state index in [4.69, 9.17) is 0 Å². The van der Waals surface area contributed by atoms with Gasteiger partial charge in [0.15, 0.2) is 5.16 Å². The number of rotatable bonds is 5. The molecule has 0 saturated heterocycles. The molecule has 0 spiro atoms. The van der Waals surface area contributed by atoms with Gasteiger partial charge in [0.25, 0.3) is 5.56 Å². The maximum atomic E-state index is 12.5. The molecule has 0 aliphatic heterocycles. The Balaban J connectivity index is 1.84. The van der Waals surface area contributed by atoms with Crippen LogP contribution in [0.3, 0.4) is 0 Å². The van der Waals surface area contributed by atoms with Crippen molar-refractivity contribution in [3.63, 3.8) is 0 Å². The third-order valence-electron chi connectivity index (χ3n) is 4.31. The van der Waals surface area contributed by atoms with Gasteiger partial charge in [-0.3, -0.25) is 9.59 Å². The van der Waals surface area contributed by atoms with E-state index in [1.54, 1.807) is 6.92 Å². The molecule has 0 aliphatic rings. The van der Waals surface area contributed by atoms with Crippen LogP contribution in [0.2, 0.25) is 0 Å². The summed E-state index contributed by atoms with van der Waals surface area (Å²) >= 11 is 1.13. The molecule has 1 heterocycles. The molecule has 6 nitrogen and oxygen atoms in total. The second-order valence-corrected chi connectivity index (χ2v) is 8.02. The molecule has 1 amide bonds. The predicted octanol–water partition coefficient (Wildman–Crippen LogP) is 4.04. The highest BCUT2D eigenvalue weighted by Gasteiger charge is 2.19. The fourth-order valence-corrected chi connectivity index (χ4v) is 3.43. The van der Waals surface area contributed by atoms with Crippen LogP contribution in [0.5, 0.6) is 0 Å². The summed E-state index contributed by atoms with van der Waals surface area (Å²) in [6.45, 7) is 5.66. The average Bonchev–Trinajstić information content (AvgIpc) is 2.70. The molecule has 0 radical (unpaired) electrons. The topological polar surface area (TPSA) is 98.6 Å². The van der Waals surface area contributed by atoms with Crippen LogP contribution in [0, 0.1) is 25.2 Å². The minimum atomic E-state index is -0.522. The van der Waals surface area contributed by atoms with E-state index >= 15 is 0 Å². The summed E-state index contributed by atoms with van der Waals surface area (Å²) in [4.78, 5) is 31.9. The van der Waals surface area contributed by atoms with Crippen LogP contribution >= 0.6 is 11.8 Å². The van der Waals surface area contributed by atoms with Gasteiger partial charge < -0.3 is 10.3 Å². The molecular formula is C22H20N4O2S. The van der Waals surface area contributed by atoms with Gasteiger partial charge >= 0.3 is 0 Å². The highest BCUT2D eigenvalue weighted by atomic mass is 32.2. The van der Waals surface area contributed by atoms with Gasteiger partial charge in [-0.1, -0.05) is 59.3 Å². The number of benzene rings is 2. The number of anilines is 1. The fraction of sp³-hybridized carbons (Fsp3) is 0.182. The Labute approximate surface area is 173 Å². The molecule has 0 aliphatic carbocycles. The van der Waals surface area contributed by atoms with Gasteiger partial charge in [0.1, 0.15) is 11.6 Å². The highest BCUT2D eigenvalue weighted by Crippen LogP contribution is 2.25. The molecule has 3 rings (SSSR count). The third-order valence-corrected chi connectivity index (χ3v) is 5.30. The number of thioether (sulfide) groups is 1. The van der Waals surface area contributed by atoms with Crippen molar-refractivity contribution in [1.29, 1.82) is 5.26 Å². The van der Waals surface area contributed by atoms with Crippen molar-refractivity contribution in [1.82, 2.24) is 9.97 Å². The fourth-order valence-electron chi connectivity index (χ4n) is 2.63. The van der Waals surface area contributed by atoms with Crippen molar-refractivity contribution in [3.05, 3.63) is 75.6 Å². The normalized spacial score (nSPS) is 11.5. The molecule has 7 heteroatoms. The van der Waals surface area contributed by atoms with Crippen LogP contribution in [0.25, 0.3) is 11.3 Å². The lowest BCUT2D eigenvalue weighted by Crippen LogP contribution is -2.23. The summed E-state index contributed by atoms with van der Waals surface area (Å²) in [6.07, 6.45) is 0. The molecule has 29 heavy (non-hydrogen) atoms. The van der Waals surface area contributed by atoms with Gasteiger partial charge in [0.2, 0.25) is 5.91 Å². The number of amides is 1. The average molecular weight is 404 g/mol. The first kappa shape index (κ1) is 20.4. The molecule has 1 aromatic heterocycles. The zero-order chi connectivity index (χ0) is 21.0. The monoisotopic (exact) mass is 404 g/mol. The van der Waals surface area contributed by atoms with Gasteiger partial charge in [0.05, 0.1) is 10.9 Å². The number of nitriles is 1. The van der Waals surface area contributed by atoms with Crippen LogP contribution in [-0.2, 0) is 4.79 Å². The number of aromatic amines is 1. The first-order valence-corrected chi connectivity index (χ1v) is 9.91. The second kappa shape index (κ2) is 8.76. The van der Waals surface area contributed by atoms with E-state index in [2.05, 4.69) is 15.3 Å². The Bertz CT molecular complexity index is 1130. The van der Waals surface area contributed by atoms with E-state index in [9.17, 15) is 14.9 Å². The number of carbonyl (C=O) groups is 1. The predicted molar refractivity (Wildman–Crippen MR) is 115 cm³/mol. The lowest BCUT2D eigenvalue weighted by atomic mass is 10.1. The van der Waals surface area contributed by atoms with E-state index in [1.165, 1.54) is 0 Å². The first-order valence-electron chi connectivity index (χ1n) is 9.03. The Morgan fingerprint density at radius 1 is 1.10 bits per heavy atom. The van der Waals surface area contributed by atoms with E-state index in [0.717, 1.165) is 22.9 Å². The van der Waals surface area contributed by atoms with Crippen LogP contribution in [0.1, 0.15) is 23.6 Å². The zero-order valence-electron chi connectivity index (χ0n) is 16.3. The van der Waals surface area contributed by atoms with E-state index in [0.29, 0.717) is 16.9 Å². The standard InChI is InChI=1S/C22H20N4O2S/c1-13-4-8-16(9-5-13)19-18(12-23)21(28)26-22(25-19)29-15(3)20(27)24-17-10-6-14(2)7-11-17/h4-11,15H,1-3H3,(H,24,27)(H,25,26,28)/t15-/m0/s1. The van der Waals surface area contributed by atoms with Gasteiger partial charge in [0, 0.05) is 11.3 Å². The Morgan fingerprint density at radius 2 is 1.69 bits per heavy atom. The summed E-state index contributed by atoms with van der Waals surface area (Å²) in [6, 6.07) is 16.9. The van der Waals surface area contributed by atoms with Crippen molar-refractivity contribution in [3.8, 4) is 17.3 Å². The lowest BCUT2D eigenvalue weighted by molar-refractivity contribution is -0.115. The Morgan fingerprint density at radius 3 is 2.28 bits per heavy atom. The quantitative estimate of drug-likeness (QED) is 0.494. The van der Waals surface area contributed by atoms with Crippen molar-refractivity contribution in [2.75, 3.05) is 5.32 Å². The SMILES string of the molecule is Cc1ccc(NC(=O)[C@H](C)Sc2nc(-c3ccc(C)cc3)c(C#N)c(=O)[nH]2)cc1. The lowest BCUT2D eigenvalue weighted by Gasteiger charge is -2.12. The highest BCUT2D eigenvalue weighted by molar-refractivity contribution is 8.00. The van der Waals surface area contributed by atoms with E-state index in [-0.39, 0.29) is 16.6 Å². The van der Waals surface area contributed by atoms with Crippen LogP contribution in [0.4, 0.5) is 5.69 Å². The molecule has 1 atom stereocenters. The van der Waals surface area contributed by atoms with E-state index < -0.39 is 10.8 Å². The number of hydrogen-bond acceptors (Lipinski definition) is 5. The zero-order valence-corrected chi connectivity index (χ0v) is 17.1. The summed E-state index contributed by atoms with van der Waals surface area (Å²) in [5, 5.41) is 12.0. The maximum Gasteiger partial charge on any atom is 0.270 e. The number of nitrogens with one attached hydrogen (secondary N) is 2. The molecule has 0 fully saturated rings. The first-order chi connectivity index (χ1) is 13.9. The molecular weight excluding hydrogens is 384 g/mol. The third kappa shape index (κ3) is 4.92. The molecule has 2 aromatic carbocycles. The van der Waals surface area contributed by atoms with E-state index in [1.807, 2.05) is 68.4 Å².